The molecule has 0 aromatic heterocycles. The van der Waals surface area contributed by atoms with E-state index >= 15 is 0 Å². The van der Waals surface area contributed by atoms with E-state index in [0.29, 0.717) is 11.5 Å². The van der Waals surface area contributed by atoms with Crippen LogP contribution in [0.5, 0.6) is 11.5 Å². The van der Waals surface area contributed by atoms with Crippen LogP contribution in [0.4, 0.5) is 0 Å². The van der Waals surface area contributed by atoms with Crippen LogP contribution in [0.15, 0.2) is 84.9 Å². The van der Waals surface area contributed by atoms with Crippen LogP contribution in [0, 0.1) is 0 Å². The van der Waals surface area contributed by atoms with Crippen molar-refractivity contribution in [3.8, 4) is 22.6 Å². The van der Waals surface area contributed by atoms with Crippen molar-refractivity contribution in [2.75, 3.05) is 6.61 Å². The van der Waals surface area contributed by atoms with Crippen molar-refractivity contribution in [1.29, 1.82) is 0 Å². The molecular formula is C24H22N2O3. The molecule has 0 aliphatic carbocycles. The fourth-order valence-electron chi connectivity index (χ4n) is 3.14. The third-order valence-electron chi connectivity index (χ3n) is 4.71. The standard InChI is InChI=1S/C24H22N2O3/c1-2-20(19-14-12-18(13-15-19)17-8-4-3-5-9-17)25-26-24(27)23-16-28-21-10-6-7-11-22(21)29-23/h2-15,23,25H,16H2,1H3,(H,26,27)/b20-2-/t23-/m0/s1. The van der Waals surface area contributed by atoms with Crippen molar-refractivity contribution in [3.63, 3.8) is 0 Å². The molecule has 3 aromatic carbocycles. The second kappa shape index (κ2) is 8.52. The molecular weight excluding hydrogens is 364 g/mol. The van der Waals surface area contributed by atoms with Gasteiger partial charge in [-0.15, -0.1) is 0 Å². The zero-order valence-corrected chi connectivity index (χ0v) is 16.1. The SMILES string of the molecule is C/C=C(\NNC(=O)[C@@H]1COc2ccccc2O1)c1ccc(-c2ccccc2)cc1. The average Bonchev–Trinajstić information content (AvgIpc) is 2.80. The Bertz CT molecular complexity index is 1010. The second-order valence-electron chi connectivity index (χ2n) is 6.62. The highest BCUT2D eigenvalue weighted by Gasteiger charge is 2.27. The highest BCUT2D eigenvalue weighted by atomic mass is 16.6. The van der Waals surface area contributed by atoms with Gasteiger partial charge >= 0.3 is 0 Å². The summed E-state index contributed by atoms with van der Waals surface area (Å²) in [5.41, 5.74) is 9.78. The quantitative estimate of drug-likeness (QED) is 0.646. The number of carbonyl (C=O) groups is 1. The van der Waals surface area contributed by atoms with E-state index in [0.717, 1.165) is 22.4 Å². The topological polar surface area (TPSA) is 59.6 Å². The largest absolute Gasteiger partial charge is 0.485 e. The molecule has 0 fully saturated rings. The lowest BCUT2D eigenvalue weighted by molar-refractivity contribution is -0.131. The fraction of sp³-hybridized carbons (Fsp3) is 0.125. The number of hydrogen-bond donors (Lipinski definition) is 2. The second-order valence-corrected chi connectivity index (χ2v) is 6.62. The van der Waals surface area contributed by atoms with Crippen molar-refractivity contribution in [1.82, 2.24) is 10.9 Å². The zero-order valence-electron chi connectivity index (χ0n) is 16.1. The minimum absolute atomic E-state index is 0.168. The molecule has 0 saturated carbocycles. The van der Waals surface area contributed by atoms with Crippen molar-refractivity contribution in [3.05, 3.63) is 90.5 Å². The highest BCUT2D eigenvalue weighted by Crippen LogP contribution is 2.30. The minimum atomic E-state index is -0.712. The van der Waals surface area contributed by atoms with Gasteiger partial charge in [0, 0.05) is 0 Å². The van der Waals surface area contributed by atoms with E-state index in [-0.39, 0.29) is 12.5 Å². The molecule has 0 spiro atoms. The lowest BCUT2D eigenvalue weighted by Gasteiger charge is -2.26. The molecule has 4 rings (SSSR count). The average molecular weight is 386 g/mol. The summed E-state index contributed by atoms with van der Waals surface area (Å²) in [6.45, 7) is 2.08. The summed E-state index contributed by atoms with van der Waals surface area (Å²) >= 11 is 0. The summed E-state index contributed by atoms with van der Waals surface area (Å²) in [4.78, 5) is 12.5. The van der Waals surface area contributed by atoms with Crippen LogP contribution >= 0.6 is 0 Å². The van der Waals surface area contributed by atoms with Crippen LogP contribution in [0.3, 0.4) is 0 Å². The van der Waals surface area contributed by atoms with E-state index in [1.54, 1.807) is 6.07 Å². The molecule has 0 saturated heterocycles. The molecule has 3 aromatic rings. The van der Waals surface area contributed by atoms with Crippen LogP contribution in [0.2, 0.25) is 0 Å². The molecule has 1 heterocycles. The predicted molar refractivity (Wildman–Crippen MR) is 113 cm³/mol. The smallest absolute Gasteiger partial charge is 0.282 e. The van der Waals surface area contributed by atoms with Gasteiger partial charge in [0.25, 0.3) is 5.91 Å². The van der Waals surface area contributed by atoms with Gasteiger partial charge in [-0.1, -0.05) is 72.8 Å². The number of hydrogen-bond acceptors (Lipinski definition) is 4. The van der Waals surface area contributed by atoms with E-state index in [4.69, 9.17) is 9.47 Å². The number of nitrogens with one attached hydrogen (secondary N) is 2. The Kier molecular flexibility index (Phi) is 5.47. The number of benzene rings is 3. The Labute approximate surface area is 169 Å². The molecule has 0 bridgehead atoms. The number of ether oxygens (including phenoxy) is 2. The first-order valence-corrected chi connectivity index (χ1v) is 9.51. The van der Waals surface area contributed by atoms with Crippen molar-refractivity contribution < 1.29 is 14.3 Å². The molecule has 146 valence electrons. The van der Waals surface area contributed by atoms with Crippen LogP contribution < -0.4 is 20.3 Å². The molecule has 0 unspecified atom stereocenters. The Morgan fingerprint density at radius 2 is 1.52 bits per heavy atom. The normalized spacial score (nSPS) is 15.5. The summed E-state index contributed by atoms with van der Waals surface area (Å²) in [5, 5.41) is 0. The fourth-order valence-corrected chi connectivity index (χ4v) is 3.14. The number of fused-ring (bicyclic) bond motifs is 1. The van der Waals surface area contributed by atoms with Gasteiger partial charge in [-0.05, 0) is 35.7 Å². The van der Waals surface area contributed by atoms with Gasteiger partial charge in [0.2, 0.25) is 6.10 Å². The lowest BCUT2D eigenvalue weighted by atomic mass is 10.0. The first-order valence-electron chi connectivity index (χ1n) is 9.51. The Morgan fingerprint density at radius 1 is 0.862 bits per heavy atom. The number of carbonyl (C=O) groups excluding carboxylic acids is 1. The van der Waals surface area contributed by atoms with E-state index < -0.39 is 6.10 Å². The Hall–Kier alpha value is -3.73. The van der Waals surface area contributed by atoms with E-state index in [2.05, 4.69) is 35.1 Å². The number of amides is 1. The van der Waals surface area contributed by atoms with Crippen molar-refractivity contribution in [2.24, 2.45) is 0 Å². The summed E-state index contributed by atoms with van der Waals surface area (Å²) in [6, 6.07) is 25.7. The molecule has 29 heavy (non-hydrogen) atoms. The van der Waals surface area contributed by atoms with Gasteiger partial charge in [-0.3, -0.25) is 15.6 Å². The Balaban J connectivity index is 1.38. The van der Waals surface area contributed by atoms with Gasteiger partial charge in [0.1, 0.15) is 6.61 Å². The van der Waals surface area contributed by atoms with E-state index in [1.165, 1.54) is 0 Å². The monoisotopic (exact) mass is 386 g/mol. The lowest BCUT2D eigenvalue weighted by Crippen LogP contribution is -2.48. The molecule has 2 N–H and O–H groups in total. The molecule has 5 nitrogen and oxygen atoms in total. The number of para-hydroxylation sites is 2. The summed E-state index contributed by atoms with van der Waals surface area (Å²) < 4.78 is 11.3. The summed E-state index contributed by atoms with van der Waals surface area (Å²) in [6.07, 6.45) is 1.20. The van der Waals surface area contributed by atoms with Crippen molar-refractivity contribution in [2.45, 2.75) is 13.0 Å². The maximum atomic E-state index is 12.5. The van der Waals surface area contributed by atoms with Gasteiger partial charge in [-0.2, -0.15) is 0 Å². The van der Waals surface area contributed by atoms with E-state index in [9.17, 15) is 4.79 Å². The van der Waals surface area contributed by atoms with Gasteiger partial charge < -0.3 is 9.47 Å². The number of hydrazine groups is 1. The van der Waals surface area contributed by atoms with Gasteiger partial charge in [0.05, 0.1) is 5.70 Å². The first kappa shape index (κ1) is 18.6. The van der Waals surface area contributed by atoms with Gasteiger partial charge in [-0.25, -0.2) is 0 Å². The van der Waals surface area contributed by atoms with Crippen molar-refractivity contribution >= 4 is 11.6 Å². The summed E-state index contributed by atoms with van der Waals surface area (Å²) in [7, 11) is 0. The number of rotatable bonds is 5. The zero-order chi connectivity index (χ0) is 20.1. The third-order valence-corrected chi connectivity index (χ3v) is 4.71. The van der Waals surface area contributed by atoms with Crippen LogP contribution in [0.1, 0.15) is 12.5 Å². The van der Waals surface area contributed by atoms with E-state index in [1.807, 2.05) is 61.5 Å². The first-order chi connectivity index (χ1) is 14.2. The minimum Gasteiger partial charge on any atom is -0.485 e. The Morgan fingerprint density at radius 3 is 2.24 bits per heavy atom. The maximum absolute atomic E-state index is 12.5. The van der Waals surface area contributed by atoms with Crippen LogP contribution in [-0.4, -0.2) is 18.6 Å². The van der Waals surface area contributed by atoms with Crippen LogP contribution in [-0.2, 0) is 4.79 Å². The van der Waals surface area contributed by atoms with Gasteiger partial charge in [0.15, 0.2) is 11.5 Å². The molecule has 1 aliphatic heterocycles. The van der Waals surface area contributed by atoms with Crippen LogP contribution in [0.25, 0.3) is 16.8 Å². The molecule has 1 aliphatic rings. The molecule has 1 amide bonds. The molecule has 0 radical (unpaired) electrons. The molecule has 5 heteroatoms. The molecule has 1 atom stereocenters. The predicted octanol–water partition coefficient (Wildman–Crippen LogP) is 4.18. The summed E-state index contributed by atoms with van der Waals surface area (Å²) in [5.74, 6) is 0.929. The maximum Gasteiger partial charge on any atom is 0.282 e. The third kappa shape index (κ3) is 4.24. The highest BCUT2D eigenvalue weighted by molar-refractivity contribution is 5.82. The number of allylic oxidation sites excluding steroid dienone is 1.